The van der Waals surface area contributed by atoms with E-state index in [4.69, 9.17) is 4.74 Å². The summed E-state index contributed by atoms with van der Waals surface area (Å²) in [4.78, 5) is 15.9. The second-order valence-corrected chi connectivity index (χ2v) is 5.85. The minimum atomic E-state index is -4.68. The third-order valence-corrected chi connectivity index (χ3v) is 4.36. The van der Waals surface area contributed by atoms with Gasteiger partial charge in [0.1, 0.15) is 6.10 Å². The molecule has 2 aliphatic heterocycles. The number of aromatic nitrogens is 1. The lowest BCUT2D eigenvalue weighted by atomic mass is 9.78. The monoisotopic (exact) mass is 334 g/mol. The third kappa shape index (κ3) is 3.04. The van der Waals surface area contributed by atoms with E-state index in [1.54, 1.807) is 0 Å². The van der Waals surface area contributed by atoms with Crippen LogP contribution >= 0.6 is 0 Å². The Hall–Kier alpha value is -2.06. The summed E-state index contributed by atoms with van der Waals surface area (Å²) in [5.74, 6) is -1.62. The molecule has 3 aliphatic rings. The van der Waals surface area contributed by atoms with Crippen molar-refractivity contribution in [2.45, 2.75) is 37.6 Å². The first-order valence-electron chi connectivity index (χ1n) is 7.14. The summed E-state index contributed by atoms with van der Waals surface area (Å²) in [5.41, 5.74) is -1.19. The van der Waals surface area contributed by atoms with Gasteiger partial charge in [0.2, 0.25) is 0 Å². The van der Waals surface area contributed by atoms with Crippen LogP contribution < -0.4 is 4.74 Å². The van der Waals surface area contributed by atoms with E-state index in [9.17, 15) is 27.5 Å². The Morgan fingerprint density at radius 2 is 2.13 bits per heavy atom. The Bertz CT molecular complexity index is 623. The lowest BCUT2D eigenvalue weighted by Gasteiger charge is -2.47. The molecular formula is C14H14F4N2O3. The van der Waals surface area contributed by atoms with Crippen molar-refractivity contribution < 1.29 is 32.2 Å². The molecule has 3 unspecified atom stereocenters. The van der Waals surface area contributed by atoms with Crippen molar-refractivity contribution in [1.82, 2.24) is 9.88 Å². The fourth-order valence-electron chi connectivity index (χ4n) is 3.29. The predicted molar refractivity (Wildman–Crippen MR) is 69.5 cm³/mol. The van der Waals surface area contributed by atoms with Crippen molar-refractivity contribution in [1.29, 1.82) is 0 Å². The summed E-state index contributed by atoms with van der Waals surface area (Å²) in [5, 5.41) is 9.18. The zero-order valence-electron chi connectivity index (χ0n) is 11.9. The van der Waals surface area contributed by atoms with Crippen LogP contribution in [-0.4, -0.2) is 39.8 Å². The van der Waals surface area contributed by atoms with Crippen LogP contribution in [0.3, 0.4) is 0 Å². The summed E-state index contributed by atoms with van der Waals surface area (Å²) in [6.45, 7) is 0.406. The first-order valence-corrected chi connectivity index (χ1v) is 7.14. The van der Waals surface area contributed by atoms with Crippen molar-refractivity contribution in [3.8, 4) is 5.88 Å². The highest BCUT2D eigenvalue weighted by Crippen LogP contribution is 2.38. The first-order chi connectivity index (χ1) is 10.8. The first kappa shape index (κ1) is 15.8. The maximum Gasteiger partial charge on any atom is 0.417 e. The van der Waals surface area contributed by atoms with Crippen LogP contribution in [0.25, 0.3) is 0 Å². The van der Waals surface area contributed by atoms with E-state index in [0.717, 1.165) is 6.42 Å². The molecular weight excluding hydrogens is 320 g/mol. The predicted octanol–water partition coefficient (Wildman–Crippen LogP) is 3.15. The Kier molecular flexibility index (Phi) is 3.81. The molecule has 3 heterocycles. The van der Waals surface area contributed by atoms with E-state index in [2.05, 4.69) is 4.98 Å². The fraction of sp³-hybridized carbons (Fsp3) is 0.571. The Morgan fingerprint density at radius 3 is 2.70 bits per heavy atom. The van der Waals surface area contributed by atoms with Crippen LogP contribution in [0.1, 0.15) is 24.8 Å². The normalized spacial score (nSPS) is 27.1. The quantitative estimate of drug-likeness (QED) is 0.844. The number of amides is 1. The summed E-state index contributed by atoms with van der Waals surface area (Å²) < 4.78 is 56.7. The summed E-state index contributed by atoms with van der Waals surface area (Å²) in [7, 11) is 0. The van der Waals surface area contributed by atoms with Crippen LogP contribution in [0.2, 0.25) is 0 Å². The summed E-state index contributed by atoms with van der Waals surface area (Å²) >= 11 is 0. The lowest BCUT2D eigenvalue weighted by Crippen LogP contribution is -2.59. The molecule has 9 heteroatoms. The van der Waals surface area contributed by atoms with Gasteiger partial charge in [0.25, 0.3) is 5.88 Å². The number of rotatable bonds is 2. The molecule has 126 valence electrons. The fourth-order valence-corrected chi connectivity index (χ4v) is 3.29. The highest BCUT2D eigenvalue weighted by atomic mass is 19.4. The van der Waals surface area contributed by atoms with Gasteiger partial charge in [-0.3, -0.25) is 0 Å². The van der Waals surface area contributed by atoms with E-state index in [0.29, 0.717) is 31.6 Å². The van der Waals surface area contributed by atoms with Crippen LogP contribution in [0.4, 0.5) is 22.4 Å². The van der Waals surface area contributed by atoms with Gasteiger partial charge in [-0.15, -0.1) is 0 Å². The molecule has 1 aromatic rings. The molecule has 0 radical (unpaired) electrons. The molecule has 3 fully saturated rings. The largest absolute Gasteiger partial charge is 0.470 e. The molecule has 23 heavy (non-hydrogen) atoms. The highest BCUT2D eigenvalue weighted by Gasteiger charge is 2.44. The maximum atomic E-state index is 13.8. The SMILES string of the molecule is O=C(O)N1CC2CCC1C(Oc1ncc(C(F)(F)F)cc1F)C2. The Labute approximate surface area is 128 Å². The number of carboxylic acid groups (broad SMARTS) is 1. The number of fused-ring (bicyclic) bond motifs is 3. The third-order valence-electron chi connectivity index (χ3n) is 4.36. The van der Waals surface area contributed by atoms with Crippen LogP contribution in [0.15, 0.2) is 12.3 Å². The number of alkyl halides is 3. The van der Waals surface area contributed by atoms with Gasteiger partial charge in [-0.2, -0.15) is 13.2 Å². The topological polar surface area (TPSA) is 62.7 Å². The number of hydrogen-bond acceptors (Lipinski definition) is 3. The van der Waals surface area contributed by atoms with Gasteiger partial charge in [-0.05, 0) is 31.2 Å². The molecule has 0 spiro atoms. The molecule has 2 saturated heterocycles. The van der Waals surface area contributed by atoms with Crippen LogP contribution in [0.5, 0.6) is 5.88 Å². The average molecular weight is 334 g/mol. The molecule has 1 amide bonds. The van der Waals surface area contributed by atoms with Gasteiger partial charge in [0.05, 0.1) is 11.6 Å². The average Bonchev–Trinajstić information content (AvgIpc) is 2.48. The van der Waals surface area contributed by atoms with Crippen molar-refractivity contribution in [3.63, 3.8) is 0 Å². The second-order valence-electron chi connectivity index (χ2n) is 5.85. The van der Waals surface area contributed by atoms with Gasteiger partial charge in [0, 0.05) is 12.7 Å². The molecule has 3 atom stereocenters. The second kappa shape index (κ2) is 5.54. The lowest BCUT2D eigenvalue weighted by molar-refractivity contribution is -0.138. The van der Waals surface area contributed by atoms with Gasteiger partial charge >= 0.3 is 12.3 Å². The smallest absolute Gasteiger partial charge is 0.417 e. The Morgan fingerprint density at radius 1 is 1.39 bits per heavy atom. The number of carbonyl (C=O) groups is 1. The minimum absolute atomic E-state index is 0.110. The van der Waals surface area contributed by atoms with Crippen molar-refractivity contribution >= 4 is 6.09 Å². The number of nitrogens with zero attached hydrogens (tertiary/aromatic N) is 2. The molecule has 1 aromatic heterocycles. The van der Waals surface area contributed by atoms with E-state index in [1.807, 2.05) is 0 Å². The molecule has 2 bridgehead atoms. The molecule has 5 nitrogen and oxygen atoms in total. The molecule has 1 aliphatic carbocycles. The van der Waals surface area contributed by atoms with Crippen LogP contribution in [0, 0.1) is 11.7 Å². The molecule has 1 saturated carbocycles. The number of ether oxygens (including phenoxy) is 1. The number of piperidine rings is 2. The number of halogens is 4. The summed E-state index contributed by atoms with van der Waals surface area (Å²) in [6.07, 6.45) is -3.87. The van der Waals surface area contributed by atoms with Gasteiger partial charge in [0.15, 0.2) is 5.82 Å². The van der Waals surface area contributed by atoms with Crippen molar-refractivity contribution in [2.24, 2.45) is 5.92 Å². The number of pyridine rings is 1. The van der Waals surface area contributed by atoms with Crippen molar-refractivity contribution in [3.05, 3.63) is 23.6 Å². The molecule has 4 rings (SSSR count). The van der Waals surface area contributed by atoms with Gasteiger partial charge < -0.3 is 14.7 Å². The van der Waals surface area contributed by atoms with Gasteiger partial charge in [-0.1, -0.05) is 0 Å². The standard InChI is InChI=1S/C14H14F4N2O3/c15-9-4-8(14(16,17)18)5-19-12(9)23-11-3-7-1-2-10(11)20(6-7)13(21)22/h4-5,7,10-11H,1-3,6H2,(H,21,22). The maximum absolute atomic E-state index is 13.8. The highest BCUT2D eigenvalue weighted by molar-refractivity contribution is 5.66. The summed E-state index contributed by atoms with van der Waals surface area (Å²) in [6, 6.07) is -0.0979. The van der Waals surface area contributed by atoms with E-state index in [1.165, 1.54) is 4.90 Å². The molecule has 0 aromatic carbocycles. The van der Waals surface area contributed by atoms with E-state index >= 15 is 0 Å². The van der Waals surface area contributed by atoms with Crippen molar-refractivity contribution in [2.75, 3.05) is 6.54 Å². The van der Waals surface area contributed by atoms with E-state index in [-0.39, 0.29) is 5.92 Å². The van der Waals surface area contributed by atoms with Gasteiger partial charge in [-0.25, -0.2) is 14.2 Å². The zero-order valence-corrected chi connectivity index (χ0v) is 11.9. The molecule has 1 N–H and O–H groups in total. The Balaban J connectivity index is 1.78. The van der Waals surface area contributed by atoms with E-state index < -0.39 is 41.7 Å². The minimum Gasteiger partial charge on any atom is -0.470 e. The van der Waals surface area contributed by atoms with Crippen LogP contribution in [-0.2, 0) is 6.18 Å². The number of hydrogen-bond donors (Lipinski definition) is 1. The zero-order chi connectivity index (χ0) is 16.8.